The molecule has 1 atom stereocenters. The van der Waals surface area contributed by atoms with Crippen LogP contribution >= 0.6 is 0 Å². The quantitative estimate of drug-likeness (QED) is 0.834. The lowest BCUT2D eigenvalue weighted by molar-refractivity contribution is -0.135. The summed E-state index contributed by atoms with van der Waals surface area (Å²) >= 11 is 0. The second kappa shape index (κ2) is 6.85. The molecular formula is C15H22N4O2. The summed E-state index contributed by atoms with van der Waals surface area (Å²) < 4.78 is 5.65. The molecule has 2 aliphatic rings. The first kappa shape index (κ1) is 14.3. The van der Waals surface area contributed by atoms with Gasteiger partial charge >= 0.3 is 0 Å². The van der Waals surface area contributed by atoms with Crippen LogP contribution in [0.2, 0.25) is 0 Å². The van der Waals surface area contributed by atoms with E-state index in [0.29, 0.717) is 6.42 Å². The van der Waals surface area contributed by atoms with Crippen molar-refractivity contribution in [2.24, 2.45) is 0 Å². The maximum atomic E-state index is 12.3. The van der Waals surface area contributed by atoms with Gasteiger partial charge in [-0.3, -0.25) is 4.79 Å². The van der Waals surface area contributed by atoms with E-state index < -0.39 is 0 Å². The highest BCUT2D eigenvalue weighted by atomic mass is 16.5. The minimum absolute atomic E-state index is 0.127. The molecule has 6 nitrogen and oxygen atoms in total. The van der Waals surface area contributed by atoms with Crippen molar-refractivity contribution in [2.45, 2.75) is 31.8 Å². The number of rotatable bonds is 3. The first-order valence-electron chi connectivity index (χ1n) is 7.74. The lowest BCUT2D eigenvalue weighted by Crippen LogP contribution is -2.50. The molecule has 0 N–H and O–H groups in total. The number of aromatic nitrogens is 2. The molecule has 1 unspecified atom stereocenters. The molecule has 0 aromatic carbocycles. The van der Waals surface area contributed by atoms with E-state index in [1.807, 2.05) is 11.0 Å². The fraction of sp³-hybridized carbons (Fsp3) is 0.667. The van der Waals surface area contributed by atoms with Crippen LogP contribution in [0.3, 0.4) is 0 Å². The summed E-state index contributed by atoms with van der Waals surface area (Å²) in [7, 11) is 0. The molecule has 6 heteroatoms. The summed E-state index contributed by atoms with van der Waals surface area (Å²) in [6.07, 6.45) is 7.48. The van der Waals surface area contributed by atoms with Crippen LogP contribution in [0, 0.1) is 0 Å². The summed E-state index contributed by atoms with van der Waals surface area (Å²) in [5.41, 5.74) is 0. The number of amides is 1. The topological polar surface area (TPSA) is 58.6 Å². The second-order valence-corrected chi connectivity index (χ2v) is 5.61. The van der Waals surface area contributed by atoms with Gasteiger partial charge in [0.25, 0.3) is 0 Å². The van der Waals surface area contributed by atoms with Crippen LogP contribution < -0.4 is 4.90 Å². The van der Waals surface area contributed by atoms with E-state index in [0.717, 1.165) is 51.6 Å². The van der Waals surface area contributed by atoms with Crippen molar-refractivity contribution in [3.8, 4) is 0 Å². The molecule has 2 fully saturated rings. The first-order valence-corrected chi connectivity index (χ1v) is 7.74. The molecule has 21 heavy (non-hydrogen) atoms. The Labute approximate surface area is 125 Å². The number of hydrogen-bond acceptors (Lipinski definition) is 5. The zero-order valence-corrected chi connectivity index (χ0v) is 12.3. The van der Waals surface area contributed by atoms with Gasteiger partial charge in [-0.1, -0.05) is 0 Å². The van der Waals surface area contributed by atoms with E-state index in [-0.39, 0.29) is 12.0 Å². The molecule has 1 aromatic heterocycles. The molecule has 1 amide bonds. The maximum absolute atomic E-state index is 12.3. The van der Waals surface area contributed by atoms with Crippen molar-refractivity contribution >= 4 is 11.9 Å². The summed E-state index contributed by atoms with van der Waals surface area (Å²) in [6, 6.07) is 1.81. The molecule has 1 aromatic rings. The van der Waals surface area contributed by atoms with E-state index in [2.05, 4.69) is 14.9 Å². The van der Waals surface area contributed by atoms with Gasteiger partial charge in [0.2, 0.25) is 11.9 Å². The fourth-order valence-corrected chi connectivity index (χ4v) is 2.90. The summed E-state index contributed by atoms with van der Waals surface area (Å²) in [5, 5.41) is 0. The minimum atomic E-state index is 0.127. The van der Waals surface area contributed by atoms with Gasteiger partial charge in [-0.05, 0) is 25.3 Å². The van der Waals surface area contributed by atoms with Gasteiger partial charge in [0.1, 0.15) is 0 Å². The SMILES string of the molecule is O=C(CC1CCCCO1)N1CCN(c2ncccn2)CC1. The standard InChI is InChI=1S/C15H22N4O2/c20-14(12-13-4-1-2-11-21-13)18-7-9-19(10-8-18)15-16-5-3-6-17-15/h3,5-6,13H,1-2,4,7-12H2. The number of anilines is 1. The van der Waals surface area contributed by atoms with Crippen LogP contribution in [-0.2, 0) is 9.53 Å². The van der Waals surface area contributed by atoms with Crippen molar-refractivity contribution in [1.82, 2.24) is 14.9 Å². The van der Waals surface area contributed by atoms with Gasteiger partial charge in [-0.15, -0.1) is 0 Å². The Morgan fingerprint density at radius 1 is 1.19 bits per heavy atom. The molecule has 2 aliphatic heterocycles. The molecule has 3 heterocycles. The van der Waals surface area contributed by atoms with E-state index in [9.17, 15) is 4.79 Å². The first-order chi connectivity index (χ1) is 10.3. The van der Waals surface area contributed by atoms with Crippen LogP contribution in [0.4, 0.5) is 5.95 Å². The average molecular weight is 290 g/mol. The predicted molar refractivity (Wildman–Crippen MR) is 79.0 cm³/mol. The van der Waals surface area contributed by atoms with Crippen LogP contribution in [-0.4, -0.2) is 59.7 Å². The third kappa shape index (κ3) is 3.69. The molecule has 0 bridgehead atoms. The van der Waals surface area contributed by atoms with Gasteiger partial charge in [0.15, 0.2) is 0 Å². The Bertz CT molecular complexity index is 454. The summed E-state index contributed by atoms with van der Waals surface area (Å²) in [6.45, 7) is 3.87. The molecule has 114 valence electrons. The number of carbonyl (C=O) groups is 1. The monoisotopic (exact) mass is 290 g/mol. The van der Waals surface area contributed by atoms with Gasteiger partial charge in [0, 0.05) is 45.2 Å². The van der Waals surface area contributed by atoms with Crippen LogP contribution in [0.15, 0.2) is 18.5 Å². The van der Waals surface area contributed by atoms with E-state index in [1.165, 1.54) is 6.42 Å². The molecule has 0 spiro atoms. The summed E-state index contributed by atoms with van der Waals surface area (Å²) in [4.78, 5) is 24.9. The van der Waals surface area contributed by atoms with Crippen molar-refractivity contribution < 1.29 is 9.53 Å². The Hall–Kier alpha value is -1.69. The van der Waals surface area contributed by atoms with Crippen molar-refractivity contribution in [3.05, 3.63) is 18.5 Å². The number of piperazine rings is 1. The Morgan fingerprint density at radius 3 is 2.62 bits per heavy atom. The van der Waals surface area contributed by atoms with Crippen molar-refractivity contribution in [2.75, 3.05) is 37.7 Å². The lowest BCUT2D eigenvalue weighted by atomic mass is 10.1. The third-order valence-electron chi connectivity index (χ3n) is 4.14. The zero-order valence-electron chi connectivity index (χ0n) is 12.3. The van der Waals surface area contributed by atoms with Gasteiger partial charge in [0.05, 0.1) is 12.5 Å². The highest BCUT2D eigenvalue weighted by molar-refractivity contribution is 5.77. The Morgan fingerprint density at radius 2 is 1.95 bits per heavy atom. The normalized spacial score (nSPS) is 23.1. The predicted octanol–water partition coefficient (Wildman–Crippen LogP) is 1.08. The van der Waals surface area contributed by atoms with Crippen molar-refractivity contribution in [3.63, 3.8) is 0 Å². The van der Waals surface area contributed by atoms with Crippen LogP contribution in [0.1, 0.15) is 25.7 Å². The zero-order chi connectivity index (χ0) is 14.5. The lowest BCUT2D eigenvalue weighted by Gasteiger charge is -2.35. The smallest absolute Gasteiger partial charge is 0.225 e. The Balaban J connectivity index is 1.47. The molecule has 0 saturated carbocycles. The highest BCUT2D eigenvalue weighted by Crippen LogP contribution is 2.17. The number of nitrogens with zero attached hydrogens (tertiary/aromatic N) is 4. The largest absolute Gasteiger partial charge is 0.378 e. The van der Waals surface area contributed by atoms with Crippen molar-refractivity contribution in [1.29, 1.82) is 0 Å². The fourth-order valence-electron chi connectivity index (χ4n) is 2.90. The maximum Gasteiger partial charge on any atom is 0.225 e. The van der Waals surface area contributed by atoms with Crippen LogP contribution in [0.5, 0.6) is 0 Å². The number of hydrogen-bond donors (Lipinski definition) is 0. The van der Waals surface area contributed by atoms with Gasteiger partial charge in [-0.2, -0.15) is 0 Å². The minimum Gasteiger partial charge on any atom is -0.378 e. The van der Waals surface area contributed by atoms with Crippen LogP contribution in [0.25, 0.3) is 0 Å². The van der Waals surface area contributed by atoms with E-state index in [1.54, 1.807) is 12.4 Å². The second-order valence-electron chi connectivity index (χ2n) is 5.61. The molecule has 3 rings (SSSR count). The van der Waals surface area contributed by atoms with E-state index in [4.69, 9.17) is 4.74 Å². The van der Waals surface area contributed by atoms with Gasteiger partial charge in [-0.25, -0.2) is 9.97 Å². The summed E-state index contributed by atoms with van der Waals surface area (Å²) in [5.74, 6) is 0.968. The van der Waals surface area contributed by atoms with Gasteiger partial charge < -0.3 is 14.5 Å². The molecule has 0 aliphatic carbocycles. The molecule has 0 radical (unpaired) electrons. The molecule has 2 saturated heterocycles. The average Bonchev–Trinajstić information content (AvgIpc) is 2.57. The third-order valence-corrected chi connectivity index (χ3v) is 4.14. The number of ether oxygens (including phenoxy) is 1. The highest BCUT2D eigenvalue weighted by Gasteiger charge is 2.25. The Kier molecular flexibility index (Phi) is 4.65. The van der Waals surface area contributed by atoms with E-state index >= 15 is 0 Å². The molecular weight excluding hydrogens is 268 g/mol. The number of carbonyl (C=O) groups excluding carboxylic acids is 1.